The van der Waals surface area contributed by atoms with Crippen LogP contribution in [0.1, 0.15) is 27.2 Å². The molecule has 0 aliphatic carbocycles. The summed E-state index contributed by atoms with van der Waals surface area (Å²) in [4.78, 5) is 10.5. The van der Waals surface area contributed by atoms with E-state index in [1.165, 1.54) is 0 Å². The molecule has 0 heterocycles. The second-order valence-corrected chi connectivity index (χ2v) is 3.96. The van der Waals surface area contributed by atoms with E-state index in [1.54, 1.807) is 6.92 Å². The lowest BCUT2D eigenvalue weighted by Gasteiger charge is -2.31. The Morgan fingerprint density at radius 3 is 2.21 bits per heavy atom. The van der Waals surface area contributed by atoms with Crippen molar-refractivity contribution in [2.24, 2.45) is 0 Å². The fraction of sp³-hybridized carbons (Fsp3) is 0.727. The van der Waals surface area contributed by atoms with E-state index in [0.29, 0.717) is 5.57 Å². The monoisotopic (exact) mass is 200 g/mol. The third kappa shape index (κ3) is 4.42. The third-order valence-electron chi connectivity index (χ3n) is 2.98. The van der Waals surface area contributed by atoms with Crippen LogP contribution in [0.15, 0.2) is 11.6 Å². The van der Waals surface area contributed by atoms with Gasteiger partial charge in [-0.25, -0.2) is 4.79 Å². The highest BCUT2D eigenvalue weighted by molar-refractivity contribution is 5.85. The van der Waals surface area contributed by atoms with Crippen molar-refractivity contribution >= 4 is 5.97 Å². The van der Waals surface area contributed by atoms with Crippen LogP contribution < -0.4 is 0 Å². The molecule has 82 valence electrons. The Morgan fingerprint density at radius 2 is 1.86 bits per heavy atom. The molecule has 0 radical (unpaired) electrons. The number of quaternary nitrogens is 1. The maximum Gasteiger partial charge on any atom is 0.330 e. The molecule has 3 nitrogen and oxygen atoms in total. The summed E-state index contributed by atoms with van der Waals surface area (Å²) < 4.78 is 1.00. The number of carboxylic acid groups (broad SMARTS) is 1. The average Bonchev–Trinajstić information content (AvgIpc) is 2.17. The highest BCUT2D eigenvalue weighted by Crippen LogP contribution is 2.05. The summed E-state index contributed by atoms with van der Waals surface area (Å²) in [6, 6.07) is 0. The number of hydrogen-bond acceptors (Lipinski definition) is 1. The van der Waals surface area contributed by atoms with Crippen molar-refractivity contribution in [3.05, 3.63) is 11.6 Å². The maximum atomic E-state index is 10.5. The van der Waals surface area contributed by atoms with Crippen LogP contribution in [0.5, 0.6) is 0 Å². The highest BCUT2D eigenvalue weighted by atomic mass is 16.4. The molecule has 0 aromatic carbocycles. The number of aliphatic carboxylic acids is 1. The zero-order valence-corrected chi connectivity index (χ0v) is 9.71. The summed E-state index contributed by atoms with van der Waals surface area (Å²) in [7, 11) is 2.20. The Hall–Kier alpha value is -0.830. The number of nitrogens with zero attached hydrogens (tertiary/aromatic N) is 1. The maximum absolute atomic E-state index is 10.5. The molecular weight excluding hydrogens is 178 g/mol. The van der Waals surface area contributed by atoms with E-state index < -0.39 is 5.97 Å². The number of hydrogen-bond donors (Lipinski definition) is 1. The fourth-order valence-electron chi connectivity index (χ4n) is 1.22. The molecule has 0 saturated heterocycles. The van der Waals surface area contributed by atoms with E-state index in [9.17, 15) is 4.79 Å². The van der Waals surface area contributed by atoms with Gasteiger partial charge in [0, 0.05) is 12.0 Å². The van der Waals surface area contributed by atoms with Crippen LogP contribution in [0, 0.1) is 0 Å². The fourth-order valence-corrected chi connectivity index (χ4v) is 1.22. The van der Waals surface area contributed by atoms with Crippen molar-refractivity contribution in [2.75, 3.05) is 26.7 Å². The first-order valence-corrected chi connectivity index (χ1v) is 5.18. The normalized spacial score (nSPS) is 13.0. The molecule has 1 N–H and O–H groups in total. The summed E-state index contributed by atoms with van der Waals surface area (Å²) >= 11 is 0. The average molecular weight is 200 g/mol. The first kappa shape index (κ1) is 13.2. The molecule has 0 unspecified atom stereocenters. The topological polar surface area (TPSA) is 37.3 Å². The minimum atomic E-state index is -0.813. The van der Waals surface area contributed by atoms with Crippen molar-refractivity contribution in [2.45, 2.75) is 27.2 Å². The zero-order valence-electron chi connectivity index (χ0n) is 9.71. The summed E-state index contributed by atoms with van der Waals surface area (Å²) in [5.41, 5.74) is 0.448. The van der Waals surface area contributed by atoms with Gasteiger partial charge in [-0.05, 0) is 20.8 Å². The SMILES string of the molecule is CC[N+](C)(CC)CCC=C(C)C(=O)O. The van der Waals surface area contributed by atoms with Crippen molar-refractivity contribution in [1.82, 2.24) is 0 Å². The zero-order chi connectivity index (χ0) is 11.2. The molecule has 14 heavy (non-hydrogen) atoms. The molecule has 0 fully saturated rings. The predicted molar refractivity (Wildman–Crippen MR) is 58.1 cm³/mol. The van der Waals surface area contributed by atoms with Gasteiger partial charge in [0.25, 0.3) is 0 Å². The molecular formula is C11H22NO2+. The van der Waals surface area contributed by atoms with Gasteiger partial charge in [0.2, 0.25) is 0 Å². The van der Waals surface area contributed by atoms with E-state index in [1.807, 2.05) is 6.08 Å². The number of rotatable bonds is 6. The van der Waals surface area contributed by atoms with E-state index in [0.717, 1.165) is 30.5 Å². The van der Waals surface area contributed by atoms with Gasteiger partial charge in [-0.3, -0.25) is 0 Å². The molecule has 0 saturated carbocycles. The Labute approximate surface area is 86.6 Å². The van der Waals surface area contributed by atoms with Crippen molar-refractivity contribution < 1.29 is 14.4 Å². The lowest BCUT2D eigenvalue weighted by Crippen LogP contribution is -2.44. The van der Waals surface area contributed by atoms with E-state index >= 15 is 0 Å². The minimum Gasteiger partial charge on any atom is -0.478 e. The molecule has 0 rings (SSSR count). The van der Waals surface area contributed by atoms with Crippen LogP contribution in [0.3, 0.4) is 0 Å². The van der Waals surface area contributed by atoms with Gasteiger partial charge in [0.15, 0.2) is 0 Å². The summed E-state index contributed by atoms with van der Waals surface area (Å²) in [5.74, 6) is -0.813. The van der Waals surface area contributed by atoms with E-state index in [-0.39, 0.29) is 0 Å². The van der Waals surface area contributed by atoms with Gasteiger partial charge in [-0.1, -0.05) is 6.08 Å². The van der Waals surface area contributed by atoms with Crippen LogP contribution >= 0.6 is 0 Å². The van der Waals surface area contributed by atoms with Gasteiger partial charge in [0.1, 0.15) is 0 Å². The molecule has 3 heteroatoms. The van der Waals surface area contributed by atoms with Crippen molar-refractivity contribution in [3.8, 4) is 0 Å². The standard InChI is InChI=1S/C11H21NO2/c1-5-12(4,6-2)9-7-8-10(3)11(13)14/h8H,5-7,9H2,1-4H3/p+1. The van der Waals surface area contributed by atoms with Gasteiger partial charge >= 0.3 is 5.97 Å². The first-order valence-electron chi connectivity index (χ1n) is 5.18. The van der Waals surface area contributed by atoms with Crippen molar-refractivity contribution in [3.63, 3.8) is 0 Å². The largest absolute Gasteiger partial charge is 0.478 e. The minimum absolute atomic E-state index is 0.448. The van der Waals surface area contributed by atoms with Crippen LogP contribution in [0.4, 0.5) is 0 Å². The lowest BCUT2D eigenvalue weighted by atomic mass is 10.2. The van der Waals surface area contributed by atoms with Gasteiger partial charge in [0.05, 0.1) is 26.7 Å². The Kier molecular flexibility index (Phi) is 5.46. The molecule has 0 aliphatic rings. The Morgan fingerprint density at radius 1 is 1.36 bits per heavy atom. The smallest absolute Gasteiger partial charge is 0.330 e. The van der Waals surface area contributed by atoms with Crippen LogP contribution in [0.2, 0.25) is 0 Å². The van der Waals surface area contributed by atoms with Crippen LogP contribution in [-0.2, 0) is 4.79 Å². The van der Waals surface area contributed by atoms with Crippen molar-refractivity contribution in [1.29, 1.82) is 0 Å². The van der Waals surface area contributed by atoms with Gasteiger partial charge < -0.3 is 9.59 Å². The van der Waals surface area contributed by atoms with Crippen LogP contribution in [-0.4, -0.2) is 42.2 Å². The van der Waals surface area contributed by atoms with Gasteiger partial charge in [-0.2, -0.15) is 0 Å². The predicted octanol–water partition coefficient (Wildman–Crippen LogP) is 1.89. The first-order chi connectivity index (χ1) is 6.45. The summed E-state index contributed by atoms with van der Waals surface area (Å²) in [6.07, 6.45) is 2.65. The second-order valence-electron chi connectivity index (χ2n) is 3.96. The number of carbonyl (C=O) groups is 1. The quantitative estimate of drug-likeness (QED) is 0.525. The van der Waals surface area contributed by atoms with Gasteiger partial charge in [-0.15, -0.1) is 0 Å². The molecule has 0 aromatic rings. The molecule has 0 bridgehead atoms. The molecule has 0 aliphatic heterocycles. The van der Waals surface area contributed by atoms with E-state index in [4.69, 9.17) is 5.11 Å². The Balaban J connectivity index is 4.06. The molecule has 0 atom stereocenters. The highest BCUT2D eigenvalue weighted by Gasteiger charge is 2.14. The van der Waals surface area contributed by atoms with E-state index in [2.05, 4.69) is 20.9 Å². The summed E-state index contributed by atoms with van der Waals surface area (Å²) in [5, 5.41) is 8.65. The molecule has 0 amide bonds. The summed E-state index contributed by atoms with van der Waals surface area (Å²) in [6.45, 7) is 9.17. The lowest BCUT2D eigenvalue weighted by molar-refractivity contribution is -0.905. The van der Waals surface area contributed by atoms with Crippen LogP contribution in [0.25, 0.3) is 0 Å². The molecule has 0 aromatic heterocycles. The Bertz CT molecular complexity index is 217. The number of carboxylic acids is 1. The second kappa shape index (κ2) is 5.81. The third-order valence-corrected chi connectivity index (χ3v) is 2.98. The molecule has 0 spiro atoms.